The molecule has 2 aromatic rings. The number of aryl methyl sites for hydroxylation is 2. The van der Waals surface area contributed by atoms with Crippen molar-refractivity contribution >= 4 is 27.6 Å². The van der Waals surface area contributed by atoms with Gasteiger partial charge in [0.05, 0.1) is 12.7 Å². The van der Waals surface area contributed by atoms with Gasteiger partial charge in [-0.2, -0.15) is 0 Å². The highest BCUT2D eigenvalue weighted by Crippen LogP contribution is 2.24. The zero-order valence-corrected chi connectivity index (χ0v) is 14.2. The average molecular weight is 374 g/mol. The lowest BCUT2D eigenvalue weighted by Gasteiger charge is -2.27. The molecule has 0 radical (unpaired) electrons. The Morgan fingerprint density at radius 3 is 2.83 bits per heavy atom. The standard InChI is InChI=1S/C17H16BrN3O2/c18-14-9-19-15-10-20(6-7-21(14)15)17(23)16(22)13-5-4-11-2-1-3-12(11)8-13/h4-5,8-9H,1-3,6-7,10H2. The number of Topliss-reactive ketones (excluding diaryl/α,β-unsaturated/α-hetero) is 1. The van der Waals surface area contributed by atoms with Crippen LogP contribution in [0.5, 0.6) is 0 Å². The number of benzene rings is 1. The number of imidazole rings is 1. The summed E-state index contributed by atoms with van der Waals surface area (Å²) in [6.07, 6.45) is 4.93. The highest BCUT2D eigenvalue weighted by Gasteiger charge is 2.28. The molecule has 1 aliphatic heterocycles. The number of carbonyl (C=O) groups is 2. The summed E-state index contributed by atoms with van der Waals surface area (Å²) in [4.78, 5) is 30.9. The lowest BCUT2D eigenvalue weighted by atomic mass is 10.0. The normalized spacial score (nSPS) is 16.1. The zero-order valence-electron chi connectivity index (χ0n) is 12.6. The Morgan fingerprint density at radius 2 is 1.96 bits per heavy atom. The quantitative estimate of drug-likeness (QED) is 0.599. The molecule has 0 unspecified atom stereocenters. The van der Waals surface area contributed by atoms with Crippen LogP contribution in [0.15, 0.2) is 29.0 Å². The third-order valence-corrected chi connectivity index (χ3v) is 5.29. The minimum absolute atomic E-state index is 0.376. The number of amides is 1. The molecule has 0 fully saturated rings. The molecule has 0 N–H and O–H groups in total. The van der Waals surface area contributed by atoms with Gasteiger partial charge in [-0.3, -0.25) is 9.59 Å². The first-order valence-corrected chi connectivity index (χ1v) is 8.58. The lowest BCUT2D eigenvalue weighted by Crippen LogP contribution is -2.42. The van der Waals surface area contributed by atoms with E-state index < -0.39 is 11.7 Å². The van der Waals surface area contributed by atoms with E-state index in [-0.39, 0.29) is 0 Å². The van der Waals surface area contributed by atoms with Gasteiger partial charge in [-0.25, -0.2) is 4.98 Å². The van der Waals surface area contributed by atoms with E-state index in [9.17, 15) is 9.59 Å². The summed E-state index contributed by atoms with van der Waals surface area (Å²) >= 11 is 3.43. The van der Waals surface area contributed by atoms with Gasteiger partial charge in [-0.15, -0.1) is 0 Å². The van der Waals surface area contributed by atoms with Crippen molar-refractivity contribution in [2.24, 2.45) is 0 Å². The van der Waals surface area contributed by atoms with Gasteiger partial charge < -0.3 is 9.47 Å². The Balaban J connectivity index is 1.54. The van der Waals surface area contributed by atoms with E-state index in [2.05, 4.69) is 20.9 Å². The molecule has 1 aliphatic carbocycles. The van der Waals surface area contributed by atoms with Crippen molar-refractivity contribution in [3.05, 3.63) is 51.5 Å². The summed E-state index contributed by atoms with van der Waals surface area (Å²) < 4.78 is 2.92. The molecular formula is C17H16BrN3O2. The highest BCUT2D eigenvalue weighted by atomic mass is 79.9. The van der Waals surface area contributed by atoms with Crippen LogP contribution < -0.4 is 0 Å². The number of hydrogen-bond acceptors (Lipinski definition) is 3. The Morgan fingerprint density at radius 1 is 1.13 bits per heavy atom. The van der Waals surface area contributed by atoms with Crippen LogP contribution in [0.25, 0.3) is 0 Å². The summed E-state index contributed by atoms with van der Waals surface area (Å²) in [5.74, 6) is -0.0506. The van der Waals surface area contributed by atoms with E-state index in [0.29, 0.717) is 25.2 Å². The largest absolute Gasteiger partial charge is 0.327 e. The van der Waals surface area contributed by atoms with Gasteiger partial charge in [0.2, 0.25) is 5.78 Å². The van der Waals surface area contributed by atoms with Crippen LogP contribution in [-0.4, -0.2) is 32.7 Å². The summed E-state index contributed by atoms with van der Waals surface area (Å²) in [5, 5.41) is 0. The number of ketones is 1. The van der Waals surface area contributed by atoms with Crippen molar-refractivity contribution < 1.29 is 9.59 Å². The number of fused-ring (bicyclic) bond motifs is 2. The van der Waals surface area contributed by atoms with Crippen LogP contribution >= 0.6 is 15.9 Å². The smallest absolute Gasteiger partial charge is 0.295 e. The van der Waals surface area contributed by atoms with Crippen molar-refractivity contribution in [2.75, 3.05) is 6.54 Å². The predicted molar refractivity (Wildman–Crippen MR) is 88.1 cm³/mol. The molecule has 2 aliphatic rings. The minimum atomic E-state index is -0.437. The second-order valence-corrected chi connectivity index (χ2v) is 6.85. The number of carbonyl (C=O) groups excluding carboxylic acids is 2. The van der Waals surface area contributed by atoms with Gasteiger partial charge in [0.25, 0.3) is 5.91 Å². The molecule has 6 heteroatoms. The van der Waals surface area contributed by atoms with E-state index in [1.165, 1.54) is 11.1 Å². The van der Waals surface area contributed by atoms with Crippen LogP contribution in [0, 0.1) is 0 Å². The number of nitrogens with zero attached hydrogens (tertiary/aromatic N) is 3. The van der Waals surface area contributed by atoms with E-state index >= 15 is 0 Å². The average Bonchev–Trinajstić information content (AvgIpc) is 3.19. The first-order chi connectivity index (χ1) is 11.1. The molecule has 1 amide bonds. The van der Waals surface area contributed by atoms with Crippen LogP contribution in [0.2, 0.25) is 0 Å². The van der Waals surface area contributed by atoms with E-state index in [1.54, 1.807) is 17.2 Å². The zero-order chi connectivity index (χ0) is 16.0. The molecule has 0 saturated heterocycles. The van der Waals surface area contributed by atoms with Crippen molar-refractivity contribution in [3.8, 4) is 0 Å². The maximum absolute atomic E-state index is 12.5. The Kier molecular flexibility index (Phi) is 3.56. The predicted octanol–water partition coefficient (Wildman–Crippen LogP) is 2.36. The first kappa shape index (κ1) is 14.6. The highest BCUT2D eigenvalue weighted by molar-refractivity contribution is 9.10. The number of rotatable bonds is 2. The molecular weight excluding hydrogens is 358 g/mol. The topological polar surface area (TPSA) is 55.2 Å². The fourth-order valence-electron chi connectivity index (χ4n) is 3.38. The maximum atomic E-state index is 12.5. The molecule has 0 spiro atoms. The van der Waals surface area contributed by atoms with E-state index in [1.807, 2.05) is 16.7 Å². The number of hydrogen-bond donors (Lipinski definition) is 0. The molecule has 2 heterocycles. The van der Waals surface area contributed by atoms with Crippen molar-refractivity contribution in [2.45, 2.75) is 32.4 Å². The molecule has 0 bridgehead atoms. The van der Waals surface area contributed by atoms with Crippen LogP contribution in [0.4, 0.5) is 0 Å². The van der Waals surface area contributed by atoms with Gasteiger partial charge in [0, 0.05) is 18.7 Å². The van der Waals surface area contributed by atoms with E-state index in [4.69, 9.17) is 0 Å². The molecule has 23 heavy (non-hydrogen) atoms. The van der Waals surface area contributed by atoms with Gasteiger partial charge >= 0.3 is 0 Å². The van der Waals surface area contributed by atoms with Crippen molar-refractivity contribution in [3.63, 3.8) is 0 Å². The molecule has 1 aromatic heterocycles. The van der Waals surface area contributed by atoms with Crippen LogP contribution in [0.1, 0.15) is 33.7 Å². The third kappa shape index (κ3) is 2.51. The molecule has 0 saturated carbocycles. The summed E-state index contributed by atoms with van der Waals surface area (Å²) in [6, 6.07) is 5.67. The lowest BCUT2D eigenvalue weighted by molar-refractivity contribution is -0.127. The van der Waals surface area contributed by atoms with Gasteiger partial charge in [0.1, 0.15) is 10.4 Å². The van der Waals surface area contributed by atoms with Crippen molar-refractivity contribution in [1.29, 1.82) is 0 Å². The summed E-state index contributed by atoms with van der Waals surface area (Å²) in [7, 11) is 0. The molecule has 1 aromatic carbocycles. The Hall–Kier alpha value is -1.95. The van der Waals surface area contributed by atoms with Gasteiger partial charge in [-0.05, 0) is 52.4 Å². The Labute approximate surface area is 142 Å². The second-order valence-electron chi connectivity index (χ2n) is 6.04. The molecule has 118 valence electrons. The SMILES string of the molecule is O=C(C(=O)N1CCn2c(Br)cnc2C1)c1ccc2c(c1)CCC2. The van der Waals surface area contributed by atoms with Crippen LogP contribution in [0.3, 0.4) is 0 Å². The Bertz CT molecular complexity index is 812. The number of aromatic nitrogens is 2. The van der Waals surface area contributed by atoms with Crippen LogP contribution in [-0.2, 0) is 30.7 Å². The maximum Gasteiger partial charge on any atom is 0.295 e. The third-order valence-electron chi connectivity index (χ3n) is 4.66. The summed E-state index contributed by atoms with van der Waals surface area (Å²) in [5.41, 5.74) is 3.02. The number of halogens is 1. The van der Waals surface area contributed by atoms with Gasteiger partial charge in [-0.1, -0.05) is 12.1 Å². The summed E-state index contributed by atoms with van der Waals surface area (Å²) in [6.45, 7) is 1.55. The monoisotopic (exact) mass is 373 g/mol. The van der Waals surface area contributed by atoms with Crippen molar-refractivity contribution in [1.82, 2.24) is 14.5 Å². The fraction of sp³-hybridized carbons (Fsp3) is 0.353. The molecule has 5 nitrogen and oxygen atoms in total. The van der Waals surface area contributed by atoms with Gasteiger partial charge in [0.15, 0.2) is 0 Å². The minimum Gasteiger partial charge on any atom is -0.327 e. The molecule has 0 atom stereocenters. The second kappa shape index (κ2) is 5.60. The first-order valence-electron chi connectivity index (χ1n) is 7.79. The molecule has 4 rings (SSSR count). The fourth-order valence-corrected chi connectivity index (χ4v) is 3.86. The van der Waals surface area contributed by atoms with E-state index in [0.717, 1.165) is 29.7 Å².